The highest BCUT2D eigenvalue weighted by molar-refractivity contribution is 7.99. The van der Waals surface area contributed by atoms with Crippen molar-refractivity contribution in [1.82, 2.24) is 4.90 Å². The van der Waals surface area contributed by atoms with E-state index in [1.165, 1.54) is 41.3 Å². The fourth-order valence-corrected chi connectivity index (χ4v) is 3.22. The number of benzene rings is 1. The summed E-state index contributed by atoms with van der Waals surface area (Å²) in [6.45, 7) is 7.81. The van der Waals surface area contributed by atoms with Gasteiger partial charge in [0, 0.05) is 31.1 Å². The maximum absolute atomic E-state index is 5.35. The Balaban J connectivity index is 2.12. The molecule has 2 nitrogen and oxygen atoms in total. The Morgan fingerprint density at radius 3 is 2.53 bits per heavy atom. The van der Waals surface area contributed by atoms with Gasteiger partial charge in [-0.1, -0.05) is 6.07 Å². The molecule has 0 bridgehead atoms. The van der Waals surface area contributed by atoms with Crippen molar-refractivity contribution in [3.63, 3.8) is 0 Å². The van der Waals surface area contributed by atoms with Gasteiger partial charge in [0.25, 0.3) is 0 Å². The molecule has 1 heterocycles. The SMILES string of the molecule is COc1cc(C)c(CN2CCSCC2)cc1C. The van der Waals surface area contributed by atoms with Gasteiger partial charge in [0.05, 0.1) is 7.11 Å². The molecule has 1 aromatic carbocycles. The Hall–Kier alpha value is -0.670. The second kappa shape index (κ2) is 5.78. The summed E-state index contributed by atoms with van der Waals surface area (Å²) in [5, 5.41) is 0. The fraction of sp³-hybridized carbons (Fsp3) is 0.571. The quantitative estimate of drug-likeness (QED) is 0.819. The van der Waals surface area contributed by atoms with Gasteiger partial charge in [-0.2, -0.15) is 11.8 Å². The van der Waals surface area contributed by atoms with E-state index in [1.807, 2.05) is 0 Å². The highest BCUT2D eigenvalue weighted by Gasteiger charge is 2.13. The lowest BCUT2D eigenvalue weighted by atomic mass is 10.0. The number of hydrogen-bond acceptors (Lipinski definition) is 3. The van der Waals surface area contributed by atoms with Crippen LogP contribution in [0, 0.1) is 13.8 Å². The maximum atomic E-state index is 5.35. The van der Waals surface area contributed by atoms with Crippen LogP contribution < -0.4 is 4.74 Å². The molecule has 0 spiro atoms. The van der Waals surface area contributed by atoms with Crippen LogP contribution in [0.15, 0.2) is 12.1 Å². The molecule has 0 saturated carbocycles. The normalized spacial score (nSPS) is 17.1. The van der Waals surface area contributed by atoms with E-state index >= 15 is 0 Å². The van der Waals surface area contributed by atoms with Crippen LogP contribution in [-0.2, 0) is 6.54 Å². The van der Waals surface area contributed by atoms with Crippen molar-refractivity contribution >= 4 is 11.8 Å². The summed E-state index contributed by atoms with van der Waals surface area (Å²) in [4.78, 5) is 2.55. The minimum atomic E-state index is 1.00. The lowest BCUT2D eigenvalue weighted by Gasteiger charge is -2.27. The zero-order valence-electron chi connectivity index (χ0n) is 11.0. The Morgan fingerprint density at radius 1 is 1.18 bits per heavy atom. The molecule has 1 fully saturated rings. The first-order chi connectivity index (χ1) is 8.20. The number of nitrogens with zero attached hydrogens (tertiary/aromatic N) is 1. The first kappa shape index (κ1) is 12.8. The molecule has 3 heteroatoms. The molecule has 0 radical (unpaired) electrons. The summed E-state index contributed by atoms with van der Waals surface area (Å²) >= 11 is 2.06. The molecule has 0 aliphatic carbocycles. The third-order valence-electron chi connectivity index (χ3n) is 3.35. The van der Waals surface area contributed by atoms with Crippen molar-refractivity contribution in [3.05, 3.63) is 28.8 Å². The van der Waals surface area contributed by atoms with E-state index in [1.54, 1.807) is 7.11 Å². The number of hydrogen-bond donors (Lipinski definition) is 0. The van der Waals surface area contributed by atoms with E-state index in [4.69, 9.17) is 4.74 Å². The number of rotatable bonds is 3. The molecule has 0 unspecified atom stereocenters. The third-order valence-corrected chi connectivity index (χ3v) is 4.29. The molecule has 0 atom stereocenters. The molecule has 1 saturated heterocycles. The fourth-order valence-electron chi connectivity index (χ4n) is 2.24. The number of thioether (sulfide) groups is 1. The Bertz CT molecular complexity index is 386. The standard InChI is InChI=1S/C14H21NOS/c1-11-9-14(16-3)12(2)8-13(11)10-15-4-6-17-7-5-15/h8-9H,4-7,10H2,1-3H3. The predicted molar refractivity (Wildman–Crippen MR) is 75.1 cm³/mol. The summed E-state index contributed by atoms with van der Waals surface area (Å²) in [7, 11) is 1.74. The largest absolute Gasteiger partial charge is 0.496 e. The Morgan fingerprint density at radius 2 is 1.88 bits per heavy atom. The average molecular weight is 251 g/mol. The van der Waals surface area contributed by atoms with Crippen LogP contribution in [0.3, 0.4) is 0 Å². The zero-order valence-corrected chi connectivity index (χ0v) is 11.8. The van der Waals surface area contributed by atoms with Crippen LogP contribution in [0.2, 0.25) is 0 Å². The summed E-state index contributed by atoms with van der Waals surface area (Å²) in [6.07, 6.45) is 0. The van der Waals surface area contributed by atoms with Crippen molar-refractivity contribution in [1.29, 1.82) is 0 Å². The van der Waals surface area contributed by atoms with E-state index in [0.29, 0.717) is 0 Å². The molecule has 0 aromatic heterocycles. The van der Waals surface area contributed by atoms with Gasteiger partial charge in [0.15, 0.2) is 0 Å². The van der Waals surface area contributed by atoms with E-state index in [0.717, 1.165) is 12.3 Å². The smallest absolute Gasteiger partial charge is 0.122 e. The van der Waals surface area contributed by atoms with Gasteiger partial charge in [-0.05, 0) is 36.6 Å². The van der Waals surface area contributed by atoms with Gasteiger partial charge in [-0.15, -0.1) is 0 Å². The van der Waals surface area contributed by atoms with E-state index < -0.39 is 0 Å². The van der Waals surface area contributed by atoms with Crippen LogP contribution in [0.1, 0.15) is 16.7 Å². The molecule has 94 valence electrons. The van der Waals surface area contributed by atoms with Crippen LogP contribution in [0.4, 0.5) is 0 Å². The van der Waals surface area contributed by atoms with E-state index in [9.17, 15) is 0 Å². The van der Waals surface area contributed by atoms with Crippen molar-refractivity contribution in [2.45, 2.75) is 20.4 Å². The van der Waals surface area contributed by atoms with Gasteiger partial charge in [0.2, 0.25) is 0 Å². The molecule has 1 aliphatic heterocycles. The van der Waals surface area contributed by atoms with Crippen LogP contribution in [0.5, 0.6) is 5.75 Å². The molecule has 0 N–H and O–H groups in total. The first-order valence-electron chi connectivity index (χ1n) is 6.15. The second-order valence-electron chi connectivity index (χ2n) is 4.64. The van der Waals surface area contributed by atoms with Crippen molar-refractivity contribution < 1.29 is 4.74 Å². The molecule has 2 rings (SSSR count). The van der Waals surface area contributed by atoms with E-state index in [-0.39, 0.29) is 0 Å². The monoisotopic (exact) mass is 251 g/mol. The second-order valence-corrected chi connectivity index (χ2v) is 5.86. The number of methoxy groups -OCH3 is 1. The summed E-state index contributed by atoms with van der Waals surface area (Å²) in [5.41, 5.74) is 4.01. The Labute approximate surface area is 108 Å². The number of aryl methyl sites for hydroxylation is 2. The van der Waals surface area contributed by atoms with Gasteiger partial charge in [0.1, 0.15) is 5.75 Å². The number of ether oxygens (including phenoxy) is 1. The van der Waals surface area contributed by atoms with Crippen LogP contribution in [-0.4, -0.2) is 36.6 Å². The maximum Gasteiger partial charge on any atom is 0.122 e. The molecule has 17 heavy (non-hydrogen) atoms. The lowest BCUT2D eigenvalue weighted by molar-refractivity contribution is 0.294. The highest BCUT2D eigenvalue weighted by Crippen LogP contribution is 2.24. The van der Waals surface area contributed by atoms with Crippen LogP contribution in [0.25, 0.3) is 0 Å². The summed E-state index contributed by atoms with van der Waals surface area (Å²) < 4.78 is 5.35. The predicted octanol–water partition coefficient (Wildman–Crippen LogP) is 2.86. The Kier molecular flexibility index (Phi) is 4.35. The zero-order chi connectivity index (χ0) is 12.3. The van der Waals surface area contributed by atoms with Crippen molar-refractivity contribution in [2.75, 3.05) is 31.7 Å². The highest BCUT2D eigenvalue weighted by atomic mass is 32.2. The van der Waals surface area contributed by atoms with Gasteiger partial charge < -0.3 is 4.74 Å². The molecular weight excluding hydrogens is 230 g/mol. The minimum absolute atomic E-state index is 1.00. The molecule has 1 aromatic rings. The minimum Gasteiger partial charge on any atom is -0.496 e. The average Bonchev–Trinajstić information content (AvgIpc) is 2.34. The van der Waals surface area contributed by atoms with E-state index in [2.05, 4.69) is 42.6 Å². The first-order valence-corrected chi connectivity index (χ1v) is 7.30. The van der Waals surface area contributed by atoms with Gasteiger partial charge >= 0.3 is 0 Å². The molecule has 0 amide bonds. The van der Waals surface area contributed by atoms with Crippen molar-refractivity contribution in [2.24, 2.45) is 0 Å². The third kappa shape index (κ3) is 3.17. The molecule has 1 aliphatic rings. The lowest BCUT2D eigenvalue weighted by Crippen LogP contribution is -2.32. The summed E-state index contributed by atoms with van der Waals surface area (Å²) in [5.74, 6) is 3.54. The van der Waals surface area contributed by atoms with Gasteiger partial charge in [-0.3, -0.25) is 4.90 Å². The summed E-state index contributed by atoms with van der Waals surface area (Å²) in [6, 6.07) is 4.43. The van der Waals surface area contributed by atoms with Crippen molar-refractivity contribution in [3.8, 4) is 5.75 Å². The van der Waals surface area contributed by atoms with Gasteiger partial charge in [-0.25, -0.2) is 0 Å². The topological polar surface area (TPSA) is 12.5 Å². The molecular formula is C14H21NOS. The van der Waals surface area contributed by atoms with Crippen LogP contribution >= 0.6 is 11.8 Å².